The number of furan rings is 1. The highest BCUT2D eigenvalue weighted by molar-refractivity contribution is 9.10. The Morgan fingerprint density at radius 2 is 2.14 bits per heavy atom. The third-order valence-electron chi connectivity index (χ3n) is 2.90. The number of carbonyl (C=O) groups is 2. The minimum atomic E-state index is -0.740. The van der Waals surface area contributed by atoms with Crippen molar-refractivity contribution in [3.63, 3.8) is 0 Å². The fourth-order valence-electron chi connectivity index (χ4n) is 1.98. The van der Waals surface area contributed by atoms with Crippen LogP contribution in [0.1, 0.15) is 31.3 Å². The van der Waals surface area contributed by atoms with Gasteiger partial charge in [-0.3, -0.25) is 9.69 Å². The van der Waals surface area contributed by atoms with Crippen molar-refractivity contribution >= 4 is 27.8 Å². The molecule has 1 aliphatic heterocycles. The van der Waals surface area contributed by atoms with Crippen molar-refractivity contribution < 1.29 is 23.5 Å². The number of rotatable bonds is 2. The van der Waals surface area contributed by atoms with Crippen LogP contribution in [0.2, 0.25) is 0 Å². The van der Waals surface area contributed by atoms with Crippen molar-refractivity contribution in [2.24, 2.45) is 0 Å². The van der Waals surface area contributed by atoms with E-state index in [2.05, 4.69) is 15.9 Å². The van der Waals surface area contributed by atoms with Crippen LogP contribution in [0.3, 0.4) is 0 Å². The van der Waals surface area contributed by atoms with Gasteiger partial charge in [0.1, 0.15) is 11.6 Å². The molecule has 0 aromatic carbocycles. The molecule has 2 rings (SSSR count). The molecule has 7 heteroatoms. The smallest absolute Gasteiger partial charge is 0.411 e. The molecule has 1 aromatic heterocycles. The van der Waals surface area contributed by atoms with Gasteiger partial charge >= 0.3 is 6.09 Å². The first-order chi connectivity index (χ1) is 9.79. The van der Waals surface area contributed by atoms with Gasteiger partial charge in [-0.05, 0) is 42.8 Å². The maximum absolute atomic E-state index is 12.5. The highest BCUT2D eigenvalue weighted by atomic mass is 79.9. The second kappa shape index (κ2) is 6.19. The number of nitrogens with zero attached hydrogens (tertiary/aromatic N) is 1. The molecule has 0 bridgehead atoms. The third kappa shape index (κ3) is 3.85. The summed E-state index contributed by atoms with van der Waals surface area (Å²) in [6.45, 7) is 6.17. The Hall–Kier alpha value is -1.34. The van der Waals surface area contributed by atoms with Gasteiger partial charge in [-0.15, -0.1) is 0 Å². The van der Waals surface area contributed by atoms with E-state index in [1.54, 1.807) is 26.8 Å². The predicted molar refractivity (Wildman–Crippen MR) is 78.3 cm³/mol. The summed E-state index contributed by atoms with van der Waals surface area (Å²) in [6.07, 6.45) is 0.894. The van der Waals surface area contributed by atoms with Crippen LogP contribution in [0.4, 0.5) is 4.79 Å². The maximum atomic E-state index is 12.5. The van der Waals surface area contributed by atoms with Crippen molar-refractivity contribution in [1.29, 1.82) is 0 Å². The van der Waals surface area contributed by atoms with E-state index in [-0.39, 0.29) is 18.2 Å². The molecule has 0 radical (unpaired) electrons. The number of amides is 1. The van der Waals surface area contributed by atoms with Gasteiger partial charge in [-0.1, -0.05) is 0 Å². The number of hydrogen-bond acceptors (Lipinski definition) is 5. The van der Waals surface area contributed by atoms with Crippen LogP contribution in [0.15, 0.2) is 21.2 Å². The summed E-state index contributed by atoms with van der Waals surface area (Å²) in [5.41, 5.74) is -0.617. The molecule has 2 heterocycles. The zero-order valence-corrected chi connectivity index (χ0v) is 13.8. The topological polar surface area (TPSA) is 69.0 Å². The van der Waals surface area contributed by atoms with Crippen molar-refractivity contribution in [2.75, 3.05) is 19.8 Å². The Kier molecular flexibility index (Phi) is 4.73. The van der Waals surface area contributed by atoms with Gasteiger partial charge in [0, 0.05) is 6.54 Å². The van der Waals surface area contributed by atoms with Gasteiger partial charge in [0.2, 0.25) is 5.78 Å². The van der Waals surface area contributed by atoms with Crippen LogP contribution in [0.5, 0.6) is 0 Å². The Labute approximate surface area is 131 Å². The summed E-state index contributed by atoms with van der Waals surface area (Å²) < 4.78 is 16.4. The van der Waals surface area contributed by atoms with E-state index in [4.69, 9.17) is 13.9 Å². The van der Waals surface area contributed by atoms with E-state index in [9.17, 15) is 9.59 Å². The van der Waals surface area contributed by atoms with Crippen molar-refractivity contribution in [2.45, 2.75) is 32.4 Å². The highest BCUT2D eigenvalue weighted by Gasteiger charge is 2.37. The largest absolute Gasteiger partial charge is 0.460 e. The van der Waals surface area contributed by atoms with Crippen molar-refractivity contribution in [3.05, 3.63) is 22.6 Å². The highest BCUT2D eigenvalue weighted by Crippen LogP contribution is 2.23. The molecule has 0 aliphatic carbocycles. The molecular formula is C14H18BrNO5. The lowest BCUT2D eigenvalue weighted by atomic mass is 10.1. The Morgan fingerprint density at radius 1 is 1.43 bits per heavy atom. The van der Waals surface area contributed by atoms with Crippen LogP contribution in [-0.2, 0) is 9.47 Å². The van der Waals surface area contributed by atoms with Crippen molar-refractivity contribution in [1.82, 2.24) is 4.90 Å². The number of halogens is 1. The van der Waals surface area contributed by atoms with Crippen LogP contribution in [0, 0.1) is 0 Å². The van der Waals surface area contributed by atoms with E-state index in [0.717, 1.165) is 0 Å². The van der Waals surface area contributed by atoms with Crippen LogP contribution >= 0.6 is 15.9 Å². The number of ether oxygens (including phenoxy) is 2. The van der Waals surface area contributed by atoms with Gasteiger partial charge < -0.3 is 13.9 Å². The minimum Gasteiger partial charge on any atom is -0.460 e. The Bertz CT molecular complexity index is 534. The van der Waals surface area contributed by atoms with Gasteiger partial charge in [0.05, 0.1) is 23.9 Å². The average Bonchev–Trinajstić information content (AvgIpc) is 2.82. The number of carbonyl (C=O) groups excluding carboxylic acids is 2. The standard InChI is InChI=1S/C14H18BrNO5/c1-14(2,3)21-13(18)16-5-7-19-8-10(16)11(17)12-9(15)4-6-20-12/h4,6,10H,5,7-8H2,1-3H3. The molecule has 1 fully saturated rings. The van der Waals surface area contributed by atoms with Crippen molar-refractivity contribution in [3.8, 4) is 0 Å². The van der Waals surface area contributed by atoms with Gasteiger partial charge in [0.25, 0.3) is 0 Å². The third-order valence-corrected chi connectivity index (χ3v) is 3.52. The van der Waals surface area contributed by atoms with Gasteiger partial charge in [-0.2, -0.15) is 0 Å². The summed E-state index contributed by atoms with van der Waals surface area (Å²) >= 11 is 3.25. The lowest BCUT2D eigenvalue weighted by molar-refractivity contribution is -0.0271. The molecule has 0 saturated carbocycles. The number of hydrogen-bond donors (Lipinski definition) is 0. The molecular weight excluding hydrogens is 342 g/mol. The molecule has 1 saturated heterocycles. The summed E-state index contributed by atoms with van der Waals surface area (Å²) in [7, 11) is 0. The fraction of sp³-hybridized carbons (Fsp3) is 0.571. The summed E-state index contributed by atoms with van der Waals surface area (Å²) in [6, 6.07) is 0.894. The Balaban J connectivity index is 2.18. The van der Waals surface area contributed by atoms with Gasteiger partial charge in [-0.25, -0.2) is 4.79 Å². The molecule has 116 valence electrons. The maximum Gasteiger partial charge on any atom is 0.411 e. The molecule has 1 amide bonds. The second-order valence-electron chi connectivity index (χ2n) is 5.73. The quantitative estimate of drug-likeness (QED) is 0.759. The monoisotopic (exact) mass is 359 g/mol. The summed E-state index contributed by atoms with van der Waals surface area (Å²) in [4.78, 5) is 26.1. The van der Waals surface area contributed by atoms with Crippen LogP contribution in [0.25, 0.3) is 0 Å². The number of Topliss-reactive ketones (excluding diaryl/α,β-unsaturated/α-hetero) is 1. The molecule has 1 unspecified atom stereocenters. The van der Waals surface area contributed by atoms with E-state index in [1.165, 1.54) is 11.2 Å². The van der Waals surface area contributed by atoms with E-state index in [1.807, 2.05) is 0 Å². The van der Waals surface area contributed by atoms with E-state index >= 15 is 0 Å². The normalized spacial score (nSPS) is 19.4. The molecule has 6 nitrogen and oxygen atoms in total. The van der Waals surface area contributed by atoms with Crippen LogP contribution < -0.4 is 0 Å². The SMILES string of the molecule is CC(C)(C)OC(=O)N1CCOCC1C(=O)c1occc1Br. The lowest BCUT2D eigenvalue weighted by Crippen LogP contribution is -2.53. The first-order valence-electron chi connectivity index (χ1n) is 6.64. The Morgan fingerprint density at radius 3 is 2.71 bits per heavy atom. The first kappa shape index (κ1) is 16.0. The zero-order chi connectivity index (χ0) is 15.6. The number of ketones is 1. The van der Waals surface area contributed by atoms with E-state index < -0.39 is 17.7 Å². The van der Waals surface area contributed by atoms with E-state index in [0.29, 0.717) is 17.6 Å². The fourth-order valence-corrected chi connectivity index (χ4v) is 2.38. The average molecular weight is 360 g/mol. The molecule has 0 spiro atoms. The second-order valence-corrected chi connectivity index (χ2v) is 6.58. The van der Waals surface area contributed by atoms with Gasteiger partial charge in [0.15, 0.2) is 5.76 Å². The van der Waals surface area contributed by atoms with Crippen LogP contribution in [-0.4, -0.2) is 48.2 Å². The molecule has 21 heavy (non-hydrogen) atoms. The molecule has 1 aliphatic rings. The zero-order valence-electron chi connectivity index (χ0n) is 12.2. The summed E-state index contributed by atoms with van der Waals surface area (Å²) in [5.74, 6) is -0.128. The lowest BCUT2D eigenvalue weighted by Gasteiger charge is -2.35. The molecule has 1 atom stereocenters. The molecule has 0 N–H and O–H groups in total. The minimum absolute atomic E-state index is 0.130. The first-order valence-corrected chi connectivity index (χ1v) is 7.43. The predicted octanol–water partition coefficient (Wildman–Crippen LogP) is 2.86. The molecule has 1 aromatic rings. The number of morpholine rings is 1. The summed E-state index contributed by atoms with van der Waals surface area (Å²) in [5, 5.41) is 0.